The number of carbonyl (C=O) groups is 1. The second-order valence-electron chi connectivity index (χ2n) is 8.37. The van der Waals surface area contributed by atoms with Gasteiger partial charge in [0.25, 0.3) is 5.91 Å². The first-order chi connectivity index (χ1) is 16.2. The third-order valence-electron chi connectivity index (χ3n) is 6.10. The molecule has 1 aromatic heterocycles. The van der Waals surface area contributed by atoms with Crippen LogP contribution in [0.4, 0.5) is 5.13 Å². The second-order valence-corrected chi connectivity index (χ2v) is 9.37. The Morgan fingerprint density at radius 3 is 2.48 bits per heavy atom. The SMILES string of the molecule is COc1ccc(-c2ccccc2)c2sc(NC(=O)c3ccc(CN4CCCCC4)cc3)nc12. The fraction of sp³-hybridized carbons (Fsp3) is 0.259. The Balaban J connectivity index is 1.36. The van der Waals surface area contributed by atoms with E-state index in [-0.39, 0.29) is 5.91 Å². The number of hydrogen-bond donors (Lipinski definition) is 1. The number of likely N-dealkylation sites (tertiary alicyclic amines) is 1. The highest BCUT2D eigenvalue weighted by Crippen LogP contribution is 2.39. The predicted octanol–water partition coefficient (Wildman–Crippen LogP) is 6.21. The van der Waals surface area contributed by atoms with Crippen molar-refractivity contribution >= 4 is 32.6 Å². The van der Waals surface area contributed by atoms with Gasteiger partial charge in [-0.3, -0.25) is 15.0 Å². The van der Waals surface area contributed by atoms with Crippen LogP contribution in [-0.2, 0) is 6.54 Å². The zero-order chi connectivity index (χ0) is 22.6. The van der Waals surface area contributed by atoms with Crippen molar-refractivity contribution in [2.24, 2.45) is 0 Å². The van der Waals surface area contributed by atoms with Crippen LogP contribution in [0.15, 0.2) is 66.7 Å². The van der Waals surface area contributed by atoms with E-state index in [1.807, 2.05) is 42.5 Å². The Morgan fingerprint density at radius 2 is 1.76 bits per heavy atom. The van der Waals surface area contributed by atoms with Gasteiger partial charge in [-0.2, -0.15) is 0 Å². The summed E-state index contributed by atoms with van der Waals surface area (Å²) in [5.74, 6) is 0.544. The van der Waals surface area contributed by atoms with Crippen molar-refractivity contribution in [1.29, 1.82) is 0 Å². The summed E-state index contributed by atoms with van der Waals surface area (Å²) in [5, 5.41) is 3.54. The largest absolute Gasteiger partial charge is 0.494 e. The minimum atomic E-state index is -0.154. The first-order valence-electron chi connectivity index (χ1n) is 11.4. The summed E-state index contributed by atoms with van der Waals surface area (Å²) in [6, 6.07) is 22.1. The number of nitrogens with zero attached hydrogens (tertiary/aromatic N) is 2. The van der Waals surface area contributed by atoms with Gasteiger partial charge in [0.1, 0.15) is 11.3 Å². The van der Waals surface area contributed by atoms with E-state index in [0.717, 1.165) is 41.0 Å². The molecule has 1 saturated heterocycles. The molecule has 1 aliphatic heterocycles. The van der Waals surface area contributed by atoms with E-state index >= 15 is 0 Å². The fourth-order valence-corrected chi connectivity index (χ4v) is 5.37. The van der Waals surface area contributed by atoms with Crippen molar-refractivity contribution < 1.29 is 9.53 Å². The van der Waals surface area contributed by atoms with Crippen LogP contribution < -0.4 is 10.1 Å². The topological polar surface area (TPSA) is 54.5 Å². The number of hydrogen-bond acceptors (Lipinski definition) is 5. The van der Waals surface area contributed by atoms with Gasteiger partial charge < -0.3 is 4.74 Å². The number of ether oxygens (including phenoxy) is 1. The highest BCUT2D eigenvalue weighted by atomic mass is 32.1. The zero-order valence-corrected chi connectivity index (χ0v) is 19.5. The molecule has 1 amide bonds. The summed E-state index contributed by atoms with van der Waals surface area (Å²) in [4.78, 5) is 20.1. The maximum absolute atomic E-state index is 12.9. The Bertz CT molecular complexity index is 1250. The lowest BCUT2D eigenvalue weighted by Crippen LogP contribution is -2.29. The molecule has 0 spiro atoms. The van der Waals surface area contributed by atoms with Gasteiger partial charge in [0.05, 0.1) is 11.8 Å². The Morgan fingerprint density at radius 1 is 1.00 bits per heavy atom. The van der Waals surface area contributed by atoms with Crippen LogP contribution in [-0.4, -0.2) is 36.0 Å². The number of carbonyl (C=O) groups excluding carboxylic acids is 1. The maximum atomic E-state index is 12.9. The van der Waals surface area contributed by atoms with Crippen LogP contribution in [0, 0.1) is 0 Å². The Labute approximate surface area is 198 Å². The molecule has 2 heterocycles. The van der Waals surface area contributed by atoms with Gasteiger partial charge in [-0.1, -0.05) is 60.2 Å². The van der Waals surface area contributed by atoms with Crippen LogP contribution >= 0.6 is 11.3 Å². The molecule has 0 unspecified atom stereocenters. The molecule has 0 radical (unpaired) electrons. The van der Waals surface area contributed by atoms with Gasteiger partial charge >= 0.3 is 0 Å². The molecule has 0 atom stereocenters. The molecule has 6 heteroatoms. The molecule has 4 aromatic rings. The predicted molar refractivity (Wildman–Crippen MR) is 135 cm³/mol. The number of thiazole rings is 1. The van der Waals surface area contributed by atoms with Gasteiger partial charge in [0.2, 0.25) is 0 Å². The van der Waals surface area contributed by atoms with Gasteiger partial charge in [-0.25, -0.2) is 4.98 Å². The first kappa shape index (κ1) is 21.6. The number of anilines is 1. The number of rotatable bonds is 6. The van der Waals surface area contributed by atoms with Gasteiger partial charge in [-0.15, -0.1) is 0 Å². The van der Waals surface area contributed by atoms with Crippen molar-refractivity contribution in [3.05, 3.63) is 77.9 Å². The van der Waals surface area contributed by atoms with E-state index < -0.39 is 0 Å². The average Bonchev–Trinajstić information content (AvgIpc) is 3.28. The molecule has 1 N–H and O–H groups in total. The number of fused-ring (bicyclic) bond motifs is 1. The van der Waals surface area contributed by atoms with Gasteiger partial charge in [0.15, 0.2) is 5.13 Å². The number of amides is 1. The molecule has 0 bridgehead atoms. The van der Waals surface area contributed by atoms with Crippen LogP contribution in [0.25, 0.3) is 21.3 Å². The van der Waals surface area contributed by atoms with Crippen molar-refractivity contribution in [3.8, 4) is 16.9 Å². The smallest absolute Gasteiger partial charge is 0.257 e. The molecule has 0 aliphatic carbocycles. The van der Waals surface area contributed by atoms with Crippen LogP contribution in [0.5, 0.6) is 5.75 Å². The molecule has 0 saturated carbocycles. The summed E-state index contributed by atoms with van der Waals surface area (Å²) in [6.07, 6.45) is 3.89. The van der Waals surface area contributed by atoms with Crippen LogP contribution in [0.3, 0.4) is 0 Å². The number of methoxy groups -OCH3 is 1. The molecule has 3 aromatic carbocycles. The highest BCUT2D eigenvalue weighted by molar-refractivity contribution is 7.23. The highest BCUT2D eigenvalue weighted by Gasteiger charge is 2.17. The van der Waals surface area contributed by atoms with Crippen molar-refractivity contribution in [2.45, 2.75) is 25.8 Å². The molecular weight excluding hydrogens is 430 g/mol. The van der Waals surface area contributed by atoms with Crippen molar-refractivity contribution in [3.63, 3.8) is 0 Å². The summed E-state index contributed by atoms with van der Waals surface area (Å²) < 4.78 is 6.52. The lowest BCUT2D eigenvalue weighted by atomic mass is 10.1. The van der Waals surface area contributed by atoms with E-state index in [4.69, 9.17) is 4.74 Å². The lowest BCUT2D eigenvalue weighted by Gasteiger charge is -2.26. The summed E-state index contributed by atoms with van der Waals surface area (Å²) >= 11 is 1.47. The maximum Gasteiger partial charge on any atom is 0.257 e. The molecular formula is C27H27N3O2S. The fourth-order valence-electron chi connectivity index (χ4n) is 4.35. The number of aromatic nitrogens is 1. The molecule has 168 valence electrons. The van der Waals surface area contributed by atoms with E-state index in [0.29, 0.717) is 16.4 Å². The number of piperidine rings is 1. The van der Waals surface area contributed by atoms with Gasteiger partial charge in [-0.05, 0) is 61.3 Å². The van der Waals surface area contributed by atoms with E-state index in [9.17, 15) is 4.79 Å². The molecule has 1 fully saturated rings. The summed E-state index contributed by atoms with van der Waals surface area (Å²) in [5.41, 5.74) is 4.82. The van der Waals surface area contributed by atoms with E-state index in [1.54, 1.807) is 7.11 Å². The second kappa shape index (κ2) is 9.73. The minimum Gasteiger partial charge on any atom is -0.494 e. The molecule has 33 heavy (non-hydrogen) atoms. The van der Waals surface area contributed by atoms with Crippen molar-refractivity contribution in [2.75, 3.05) is 25.5 Å². The zero-order valence-electron chi connectivity index (χ0n) is 18.7. The minimum absolute atomic E-state index is 0.154. The average molecular weight is 458 g/mol. The van der Waals surface area contributed by atoms with Crippen LogP contribution in [0.2, 0.25) is 0 Å². The molecule has 5 rings (SSSR count). The molecule has 1 aliphatic rings. The third-order valence-corrected chi connectivity index (χ3v) is 7.11. The Kier molecular flexibility index (Phi) is 6.37. The third kappa shape index (κ3) is 4.77. The summed E-state index contributed by atoms with van der Waals surface area (Å²) in [7, 11) is 1.64. The number of nitrogens with one attached hydrogen (secondary N) is 1. The van der Waals surface area contributed by atoms with E-state index in [2.05, 4.69) is 39.5 Å². The van der Waals surface area contributed by atoms with Crippen molar-refractivity contribution in [1.82, 2.24) is 9.88 Å². The normalized spacial score (nSPS) is 14.3. The van der Waals surface area contributed by atoms with Gasteiger partial charge in [0, 0.05) is 17.7 Å². The molecule has 5 nitrogen and oxygen atoms in total. The standard InChI is InChI=1S/C27H27N3O2S/c1-32-23-15-14-22(20-8-4-2-5-9-20)25-24(23)28-27(33-25)29-26(31)21-12-10-19(11-13-21)18-30-16-6-3-7-17-30/h2,4-5,8-15H,3,6-7,16-18H2,1H3,(H,28,29,31). The summed E-state index contributed by atoms with van der Waals surface area (Å²) in [6.45, 7) is 3.27. The Hall–Kier alpha value is -3.22. The van der Waals surface area contributed by atoms with Crippen LogP contribution in [0.1, 0.15) is 35.2 Å². The lowest BCUT2D eigenvalue weighted by molar-refractivity contribution is 0.102. The number of benzene rings is 3. The first-order valence-corrected chi connectivity index (χ1v) is 12.2. The quantitative estimate of drug-likeness (QED) is 0.374. The van der Waals surface area contributed by atoms with E-state index in [1.165, 1.54) is 36.2 Å². The monoisotopic (exact) mass is 457 g/mol.